The minimum atomic E-state index is -0.589. The molecule has 0 radical (unpaired) electrons. The minimum absolute atomic E-state index is 0.174. The van der Waals surface area contributed by atoms with Crippen LogP contribution in [0.25, 0.3) is 0 Å². The van der Waals surface area contributed by atoms with Gasteiger partial charge in [0.15, 0.2) is 0 Å². The van der Waals surface area contributed by atoms with Gasteiger partial charge in [-0.3, -0.25) is 9.80 Å². The predicted molar refractivity (Wildman–Crippen MR) is 64.3 cm³/mol. The lowest BCUT2D eigenvalue weighted by molar-refractivity contribution is -0.129. The Kier molecular flexibility index (Phi) is 3.78. The summed E-state index contributed by atoms with van der Waals surface area (Å²) in [7, 11) is 1.61. The maximum Gasteiger partial charge on any atom is 0.408 e. The molecule has 2 rings (SSSR count). The number of hydrazine groups is 1. The van der Waals surface area contributed by atoms with Crippen LogP contribution in [0.5, 0.6) is 0 Å². The van der Waals surface area contributed by atoms with Crippen molar-refractivity contribution in [3.05, 3.63) is 35.9 Å². The van der Waals surface area contributed by atoms with Crippen LogP contribution in [-0.2, 0) is 16.1 Å². The van der Waals surface area contributed by atoms with Crippen LogP contribution >= 0.6 is 0 Å². The van der Waals surface area contributed by atoms with E-state index in [1.54, 1.807) is 7.05 Å². The van der Waals surface area contributed by atoms with Gasteiger partial charge >= 0.3 is 6.09 Å². The van der Waals surface area contributed by atoms with E-state index >= 15 is 0 Å². The van der Waals surface area contributed by atoms with Crippen molar-refractivity contribution < 1.29 is 14.3 Å². The molecule has 0 spiro atoms. The van der Waals surface area contributed by atoms with E-state index in [0.29, 0.717) is 6.54 Å². The van der Waals surface area contributed by atoms with Crippen molar-refractivity contribution >= 4 is 12.0 Å². The molecule has 1 atom stereocenters. The first-order valence-electron chi connectivity index (χ1n) is 5.65. The molecular formula is C12H15N3O3. The van der Waals surface area contributed by atoms with Crippen molar-refractivity contribution in [3.8, 4) is 0 Å². The normalized spacial score (nSPS) is 18.8. The molecule has 0 bridgehead atoms. The average Bonchev–Trinajstić information content (AvgIpc) is 2.70. The van der Waals surface area contributed by atoms with Crippen molar-refractivity contribution in [3.63, 3.8) is 0 Å². The zero-order valence-electron chi connectivity index (χ0n) is 10.1. The summed E-state index contributed by atoms with van der Waals surface area (Å²) in [5, 5.41) is 3.86. The molecule has 1 saturated heterocycles. The third-order valence-corrected chi connectivity index (χ3v) is 2.67. The van der Waals surface area contributed by atoms with Crippen molar-refractivity contribution in [2.75, 3.05) is 13.6 Å². The summed E-state index contributed by atoms with van der Waals surface area (Å²) in [6, 6.07) is 8.80. The van der Waals surface area contributed by atoms with Crippen molar-refractivity contribution in [1.29, 1.82) is 0 Å². The van der Waals surface area contributed by atoms with Gasteiger partial charge in [-0.25, -0.2) is 10.2 Å². The van der Waals surface area contributed by atoms with Crippen LogP contribution in [0.1, 0.15) is 5.56 Å². The van der Waals surface area contributed by atoms with Gasteiger partial charge in [-0.15, -0.1) is 0 Å². The Hall–Kier alpha value is -2.08. The summed E-state index contributed by atoms with van der Waals surface area (Å²) in [4.78, 5) is 23.0. The Morgan fingerprint density at radius 2 is 2.22 bits per heavy atom. The van der Waals surface area contributed by atoms with E-state index in [-0.39, 0.29) is 12.5 Å². The molecule has 1 fully saturated rings. The average molecular weight is 249 g/mol. The van der Waals surface area contributed by atoms with Crippen molar-refractivity contribution in [1.82, 2.24) is 15.8 Å². The molecule has 0 aliphatic carbocycles. The summed E-state index contributed by atoms with van der Waals surface area (Å²) in [6.45, 7) is 0.576. The van der Waals surface area contributed by atoms with E-state index < -0.39 is 12.1 Å². The maximum absolute atomic E-state index is 11.5. The molecule has 96 valence electrons. The zero-order chi connectivity index (χ0) is 13.0. The van der Waals surface area contributed by atoms with E-state index in [0.717, 1.165) is 5.56 Å². The lowest BCUT2D eigenvalue weighted by Gasteiger charge is -2.11. The standard InChI is InChI=1S/C12H15N3O3/c1-15-11(16)10(7-13-15)14-12(17)18-8-9-5-3-2-4-6-9/h2-6,10,13H,7-8H2,1H3,(H,14,17). The number of ether oxygens (including phenoxy) is 1. The number of carbonyl (C=O) groups excluding carboxylic acids is 2. The third-order valence-electron chi connectivity index (χ3n) is 2.67. The number of hydrogen-bond acceptors (Lipinski definition) is 4. The van der Waals surface area contributed by atoms with Crippen LogP contribution < -0.4 is 10.7 Å². The number of amides is 2. The van der Waals surface area contributed by atoms with Gasteiger partial charge in [0, 0.05) is 13.6 Å². The van der Waals surface area contributed by atoms with Crippen LogP contribution in [0.15, 0.2) is 30.3 Å². The Balaban J connectivity index is 1.78. The first-order chi connectivity index (χ1) is 8.66. The number of benzene rings is 1. The first kappa shape index (κ1) is 12.4. The quantitative estimate of drug-likeness (QED) is 0.806. The second-order valence-corrected chi connectivity index (χ2v) is 4.02. The van der Waals surface area contributed by atoms with Gasteiger partial charge in [0.25, 0.3) is 5.91 Å². The molecular weight excluding hydrogens is 234 g/mol. The predicted octanol–water partition coefficient (Wildman–Crippen LogP) is 0.258. The number of rotatable bonds is 3. The highest BCUT2D eigenvalue weighted by molar-refractivity contribution is 5.86. The second-order valence-electron chi connectivity index (χ2n) is 4.02. The number of carbonyl (C=O) groups is 2. The van der Waals surface area contributed by atoms with E-state index in [2.05, 4.69) is 10.7 Å². The van der Waals surface area contributed by atoms with Crippen molar-refractivity contribution in [2.45, 2.75) is 12.6 Å². The lowest BCUT2D eigenvalue weighted by atomic mass is 10.2. The van der Waals surface area contributed by atoms with Crippen LogP contribution in [0.2, 0.25) is 0 Å². The van der Waals surface area contributed by atoms with E-state index in [4.69, 9.17) is 4.74 Å². The van der Waals surface area contributed by atoms with Crippen LogP contribution in [0.4, 0.5) is 4.79 Å². The summed E-state index contributed by atoms with van der Waals surface area (Å²) >= 11 is 0. The highest BCUT2D eigenvalue weighted by Gasteiger charge is 2.30. The largest absolute Gasteiger partial charge is 0.445 e. The molecule has 1 aromatic rings. The van der Waals surface area contributed by atoms with Gasteiger partial charge in [0.05, 0.1) is 0 Å². The minimum Gasteiger partial charge on any atom is -0.445 e. The molecule has 2 amide bonds. The Morgan fingerprint density at radius 3 is 2.83 bits per heavy atom. The third kappa shape index (κ3) is 2.98. The topological polar surface area (TPSA) is 70.7 Å². The number of hydrogen-bond donors (Lipinski definition) is 2. The molecule has 1 aliphatic heterocycles. The smallest absolute Gasteiger partial charge is 0.408 e. The molecule has 0 aromatic heterocycles. The highest BCUT2D eigenvalue weighted by atomic mass is 16.5. The number of nitrogens with zero attached hydrogens (tertiary/aromatic N) is 1. The first-order valence-corrected chi connectivity index (χ1v) is 5.65. The van der Waals surface area contributed by atoms with Gasteiger partial charge in [0.2, 0.25) is 0 Å². The summed E-state index contributed by atoms with van der Waals surface area (Å²) in [5.74, 6) is -0.174. The molecule has 6 nitrogen and oxygen atoms in total. The Labute approximate surface area is 105 Å². The molecule has 2 N–H and O–H groups in total. The van der Waals surface area contributed by atoms with Crippen LogP contribution in [0.3, 0.4) is 0 Å². The summed E-state index contributed by atoms with van der Waals surface area (Å²) in [5.41, 5.74) is 3.72. The maximum atomic E-state index is 11.5. The van der Waals surface area contributed by atoms with Gasteiger partial charge in [-0.2, -0.15) is 0 Å². The van der Waals surface area contributed by atoms with Gasteiger partial charge in [-0.1, -0.05) is 30.3 Å². The van der Waals surface area contributed by atoms with E-state index in [9.17, 15) is 9.59 Å². The highest BCUT2D eigenvalue weighted by Crippen LogP contribution is 2.02. The van der Waals surface area contributed by atoms with Gasteiger partial charge in [-0.05, 0) is 5.56 Å². The number of nitrogens with one attached hydrogen (secondary N) is 2. The Morgan fingerprint density at radius 1 is 1.50 bits per heavy atom. The Bertz CT molecular complexity index is 435. The van der Waals surface area contributed by atoms with Gasteiger partial charge < -0.3 is 10.1 Å². The zero-order valence-corrected chi connectivity index (χ0v) is 10.1. The van der Waals surface area contributed by atoms with E-state index in [1.165, 1.54) is 5.01 Å². The molecule has 1 aromatic carbocycles. The van der Waals surface area contributed by atoms with Crippen molar-refractivity contribution in [2.24, 2.45) is 0 Å². The fraction of sp³-hybridized carbons (Fsp3) is 0.333. The summed E-state index contributed by atoms with van der Waals surface area (Å²) < 4.78 is 5.03. The molecule has 1 heterocycles. The van der Waals surface area contributed by atoms with E-state index in [1.807, 2.05) is 30.3 Å². The fourth-order valence-corrected chi connectivity index (χ4v) is 1.65. The summed E-state index contributed by atoms with van der Waals surface area (Å²) in [6.07, 6.45) is -0.589. The number of likely N-dealkylation sites (N-methyl/N-ethyl adjacent to an activating group) is 1. The molecule has 6 heteroatoms. The SMILES string of the molecule is CN1NCC(NC(=O)OCc2ccccc2)C1=O. The van der Waals surface area contributed by atoms with Gasteiger partial charge in [0.1, 0.15) is 12.6 Å². The molecule has 18 heavy (non-hydrogen) atoms. The van der Waals surface area contributed by atoms with Crippen LogP contribution in [-0.4, -0.2) is 36.6 Å². The molecule has 1 aliphatic rings. The van der Waals surface area contributed by atoms with Crippen LogP contribution in [0, 0.1) is 0 Å². The second kappa shape index (κ2) is 5.50. The molecule has 0 saturated carbocycles. The number of alkyl carbamates (subject to hydrolysis) is 1. The monoisotopic (exact) mass is 249 g/mol. The fourth-order valence-electron chi connectivity index (χ4n) is 1.65. The molecule has 1 unspecified atom stereocenters. The lowest BCUT2D eigenvalue weighted by Crippen LogP contribution is -2.42.